The number of methoxy groups -OCH3 is 2. The van der Waals surface area contributed by atoms with Gasteiger partial charge in [-0.3, -0.25) is 14.5 Å². The standard InChI is InChI=1S/C30H29ClN6O4S2/c1-30(2)12-22-26(23(38)13-30)25(16-5-7-17(31)8-6-16)21(14-32)27(33)37(22)28-35-36-29(43-28)42-15-24(39)34-18-9-19(40-3)11-20(10-18)41-4/h5-11,25H,12-13,15,33H2,1-4H3,(H,34,39). The number of ether oxygens (including phenoxy) is 2. The van der Waals surface area contributed by atoms with E-state index in [4.69, 9.17) is 26.8 Å². The quantitative estimate of drug-likeness (QED) is 0.288. The Kier molecular flexibility index (Phi) is 8.69. The summed E-state index contributed by atoms with van der Waals surface area (Å²) in [5.74, 6) is 0.466. The Hall–Kier alpha value is -4.05. The Morgan fingerprint density at radius 1 is 1.19 bits per heavy atom. The maximum atomic E-state index is 13.7. The zero-order valence-corrected chi connectivity index (χ0v) is 26.3. The van der Waals surface area contributed by atoms with Crippen LogP contribution in [0.3, 0.4) is 0 Å². The van der Waals surface area contributed by atoms with Gasteiger partial charge in [-0.05, 0) is 29.5 Å². The fourth-order valence-corrected chi connectivity index (χ4v) is 7.08. The Balaban J connectivity index is 1.42. The van der Waals surface area contributed by atoms with Crippen molar-refractivity contribution in [3.63, 3.8) is 0 Å². The number of carbonyl (C=O) groups is 2. The van der Waals surface area contributed by atoms with Gasteiger partial charge in [0.1, 0.15) is 17.3 Å². The molecule has 43 heavy (non-hydrogen) atoms. The molecule has 1 aliphatic heterocycles. The van der Waals surface area contributed by atoms with Crippen LogP contribution in [0.1, 0.15) is 38.2 Å². The molecule has 3 aromatic rings. The number of halogens is 1. The minimum Gasteiger partial charge on any atom is -0.497 e. The molecule has 10 nitrogen and oxygen atoms in total. The van der Waals surface area contributed by atoms with E-state index in [0.717, 1.165) is 5.56 Å². The van der Waals surface area contributed by atoms with Gasteiger partial charge >= 0.3 is 0 Å². The average molecular weight is 637 g/mol. The summed E-state index contributed by atoms with van der Waals surface area (Å²) < 4.78 is 11.1. The van der Waals surface area contributed by atoms with Crippen LogP contribution in [0.15, 0.2) is 69.5 Å². The van der Waals surface area contributed by atoms with Crippen LogP contribution in [-0.4, -0.2) is 41.9 Å². The number of rotatable bonds is 8. The van der Waals surface area contributed by atoms with Gasteiger partial charge in [-0.25, -0.2) is 0 Å². The van der Waals surface area contributed by atoms with Crippen molar-refractivity contribution in [1.29, 1.82) is 5.26 Å². The summed E-state index contributed by atoms with van der Waals surface area (Å²) in [5, 5.41) is 22.7. The molecule has 0 radical (unpaired) electrons. The number of hydrogen-bond donors (Lipinski definition) is 2. The topological polar surface area (TPSA) is 143 Å². The minimum absolute atomic E-state index is 0.0404. The summed E-state index contributed by atoms with van der Waals surface area (Å²) >= 11 is 8.58. The number of benzene rings is 2. The molecule has 0 bridgehead atoms. The molecule has 1 aromatic heterocycles. The molecule has 1 unspecified atom stereocenters. The van der Waals surface area contributed by atoms with E-state index in [0.29, 0.717) is 55.8 Å². The molecule has 0 spiro atoms. The summed E-state index contributed by atoms with van der Waals surface area (Å²) in [6.07, 6.45) is 0.889. The van der Waals surface area contributed by atoms with Crippen LogP contribution in [0.4, 0.5) is 10.8 Å². The number of Topliss-reactive ketones (excluding diaryl/α,β-unsaturated/α-hetero) is 1. The van der Waals surface area contributed by atoms with Crippen molar-refractivity contribution in [2.75, 3.05) is 30.2 Å². The highest BCUT2D eigenvalue weighted by Gasteiger charge is 2.45. The molecular weight excluding hydrogens is 608 g/mol. The normalized spacial score (nSPS) is 17.8. The van der Waals surface area contributed by atoms with Crippen LogP contribution in [0.25, 0.3) is 0 Å². The number of hydrogen-bond acceptors (Lipinski definition) is 11. The molecular formula is C30H29ClN6O4S2. The number of nitrogens with one attached hydrogen (secondary N) is 1. The van der Waals surface area contributed by atoms with Crippen LogP contribution < -0.4 is 25.4 Å². The highest BCUT2D eigenvalue weighted by molar-refractivity contribution is 8.01. The van der Waals surface area contributed by atoms with Gasteiger partial charge in [-0.2, -0.15) is 5.26 Å². The second kappa shape index (κ2) is 12.3. The molecule has 13 heteroatoms. The van der Waals surface area contributed by atoms with E-state index in [9.17, 15) is 14.9 Å². The van der Waals surface area contributed by atoms with E-state index in [1.807, 2.05) is 26.0 Å². The van der Waals surface area contributed by atoms with Crippen molar-refractivity contribution in [2.24, 2.45) is 11.1 Å². The number of anilines is 2. The van der Waals surface area contributed by atoms with Gasteiger partial charge in [-0.15, -0.1) is 10.2 Å². The number of nitriles is 1. The lowest BCUT2D eigenvalue weighted by Crippen LogP contribution is -2.42. The molecule has 3 N–H and O–H groups in total. The van der Waals surface area contributed by atoms with Crippen LogP contribution in [0.5, 0.6) is 11.5 Å². The lowest BCUT2D eigenvalue weighted by atomic mass is 9.69. The Bertz CT molecular complexity index is 1670. The molecule has 5 rings (SSSR count). The van der Waals surface area contributed by atoms with Crippen molar-refractivity contribution < 1.29 is 19.1 Å². The third-order valence-corrected chi connectivity index (χ3v) is 9.43. The molecule has 1 atom stereocenters. The predicted molar refractivity (Wildman–Crippen MR) is 167 cm³/mol. The Morgan fingerprint density at radius 2 is 1.86 bits per heavy atom. The molecule has 2 aromatic carbocycles. The molecule has 2 aliphatic rings. The fraction of sp³-hybridized carbons (Fsp3) is 0.300. The molecule has 1 amide bonds. The maximum Gasteiger partial charge on any atom is 0.234 e. The molecule has 0 fully saturated rings. The second-order valence-electron chi connectivity index (χ2n) is 10.8. The van der Waals surface area contributed by atoms with Crippen LogP contribution in [0.2, 0.25) is 5.02 Å². The SMILES string of the molecule is COc1cc(NC(=O)CSc2nnc(N3C(N)=C(C#N)C(c4ccc(Cl)cc4)C4=C3CC(C)(C)CC4=O)s2)cc(OC)c1. The number of allylic oxidation sites excluding steroid dienone is 3. The third kappa shape index (κ3) is 6.34. The minimum atomic E-state index is -0.613. The Labute approximate surface area is 262 Å². The Morgan fingerprint density at radius 3 is 2.49 bits per heavy atom. The second-order valence-corrected chi connectivity index (χ2v) is 13.4. The lowest BCUT2D eigenvalue weighted by Gasteiger charge is -2.42. The number of carbonyl (C=O) groups excluding carboxylic acids is 2. The predicted octanol–water partition coefficient (Wildman–Crippen LogP) is 5.88. The maximum absolute atomic E-state index is 13.7. The molecule has 2 heterocycles. The van der Waals surface area contributed by atoms with Crippen LogP contribution in [0, 0.1) is 16.7 Å². The highest BCUT2D eigenvalue weighted by Crippen LogP contribution is 2.50. The van der Waals surface area contributed by atoms with Gasteiger partial charge in [0.2, 0.25) is 11.0 Å². The summed E-state index contributed by atoms with van der Waals surface area (Å²) in [4.78, 5) is 28.1. The largest absolute Gasteiger partial charge is 0.497 e. The fourth-order valence-electron chi connectivity index (χ4n) is 5.27. The van der Waals surface area contributed by atoms with Gasteiger partial charge < -0.3 is 20.5 Å². The van der Waals surface area contributed by atoms with Crippen LogP contribution >= 0.6 is 34.7 Å². The summed E-state index contributed by atoms with van der Waals surface area (Å²) in [5.41, 5.74) is 9.15. The van der Waals surface area contributed by atoms with Crippen molar-refractivity contribution in [3.8, 4) is 17.6 Å². The third-order valence-electron chi connectivity index (χ3n) is 7.13. The van der Waals surface area contributed by atoms with Crippen LogP contribution in [-0.2, 0) is 9.59 Å². The monoisotopic (exact) mass is 636 g/mol. The zero-order chi connectivity index (χ0) is 30.9. The molecule has 0 saturated carbocycles. The van der Waals surface area contributed by atoms with Gasteiger partial charge in [-0.1, -0.05) is 60.7 Å². The van der Waals surface area contributed by atoms with Crippen molar-refractivity contribution in [3.05, 3.63) is 75.7 Å². The first kappa shape index (κ1) is 30.4. The average Bonchev–Trinajstić information content (AvgIpc) is 3.43. The zero-order valence-electron chi connectivity index (χ0n) is 23.9. The number of ketones is 1. The summed E-state index contributed by atoms with van der Waals surface area (Å²) in [7, 11) is 3.07. The summed E-state index contributed by atoms with van der Waals surface area (Å²) in [6.45, 7) is 4.06. The van der Waals surface area contributed by atoms with Crippen molar-refractivity contribution in [1.82, 2.24) is 10.2 Å². The number of nitrogens with zero attached hydrogens (tertiary/aromatic N) is 4. The number of thioether (sulfide) groups is 1. The van der Waals surface area contributed by atoms with Crippen molar-refractivity contribution >= 4 is 57.2 Å². The van der Waals surface area contributed by atoms with E-state index < -0.39 is 5.92 Å². The van der Waals surface area contributed by atoms with E-state index in [2.05, 4.69) is 21.6 Å². The lowest BCUT2D eigenvalue weighted by molar-refractivity contribution is -0.118. The van der Waals surface area contributed by atoms with E-state index in [1.54, 1.807) is 35.2 Å². The molecule has 1 aliphatic carbocycles. The number of amides is 1. The molecule has 0 saturated heterocycles. The number of aromatic nitrogens is 2. The highest BCUT2D eigenvalue weighted by atomic mass is 35.5. The van der Waals surface area contributed by atoms with E-state index >= 15 is 0 Å². The van der Waals surface area contributed by atoms with Gasteiger partial charge in [0, 0.05) is 46.6 Å². The number of nitrogens with two attached hydrogens (primary N) is 1. The van der Waals surface area contributed by atoms with Gasteiger partial charge in [0.15, 0.2) is 10.1 Å². The van der Waals surface area contributed by atoms with E-state index in [1.165, 1.54) is 37.3 Å². The first-order valence-corrected chi connectivity index (χ1v) is 15.4. The van der Waals surface area contributed by atoms with Gasteiger partial charge in [0.25, 0.3) is 0 Å². The first-order chi connectivity index (χ1) is 20.5. The van der Waals surface area contributed by atoms with Crippen molar-refractivity contribution in [2.45, 2.75) is 36.9 Å². The van der Waals surface area contributed by atoms with Gasteiger partial charge in [0.05, 0.1) is 37.5 Å². The first-order valence-electron chi connectivity index (χ1n) is 13.2. The summed E-state index contributed by atoms with van der Waals surface area (Å²) in [6, 6.07) is 14.5. The smallest absolute Gasteiger partial charge is 0.234 e. The molecule has 222 valence electrons. The van der Waals surface area contributed by atoms with E-state index in [-0.39, 0.29) is 34.3 Å².